The number of hydrogen-bond acceptors (Lipinski definition) is 2. The van der Waals surface area contributed by atoms with Gasteiger partial charge >= 0.3 is 0 Å². The highest BCUT2D eigenvalue weighted by molar-refractivity contribution is 9.10. The van der Waals surface area contributed by atoms with E-state index in [2.05, 4.69) is 15.9 Å². The van der Waals surface area contributed by atoms with Crippen LogP contribution in [0.1, 0.15) is 31.1 Å². The Morgan fingerprint density at radius 3 is 2.64 bits per heavy atom. The van der Waals surface area contributed by atoms with Gasteiger partial charge in [-0.05, 0) is 58.7 Å². The monoisotopic (exact) mass is 255 g/mol. The Kier molecular flexibility index (Phi) is 1.99. The predicted octanol–water partition coefficient (Wildman–Crippen LogP) is 3.09. The summed E-state index contributed by atoms with van der Waals surface area (Å²) in [5, 5.41) is 0. The number of rotatable bonds is 2. The van der Waals surface area contributed by atoms with E-state index >= 15 is 0 Å². The van der Waals surface area contributed by atoms with Crippen LogP contribution in [0.25, 0.3) is 0 Å². The first-order valence-corrected chi connectivity index (χ1v) is 6.07. The normalized spacial score (nSPS) is 36.9. The van der Waals surface area contributed by atoms with Crippen LogP contribution in [-0.2, 0) is 0 Å². The van der Waals surface area contributed by atoms with Crippen molar-refractivity contribution in [3.05, 3.63) is 22.6 Å². The lowest BCUT2D eigenvalue weighted by Gasteiger charge is -2.10. The van der Waals surface area contributed by atoms with Crippen molar-refractivity contribution in [3.63, 3.8) is 0 Å². The molecule has 2 saturated carbocycles. The average molecular weight is 256 g/mol. The van der Waals surface area contributed by atoms with Crippen molar-refractivity contribution in [1.29, 1.82) is 0 Å². The van der Waals surface area contributed by atoms with E-state index in [0.29, 0.717) is 5.92 Å². The summed E-state index contributed by atoms with van der Waals surface area (Å²) in [6, 6.07) is 4.03. The molecule has 0 bridgehead atoms. The number of hydrogen-bond donors (Lipinski definition) is 1. The lowest BCUT2D eigenvalue weighted by Crippen LogP contribution is -2.14. The Hall–Kier alpha value is -0.280. The van der Waals surface area contributed by atoms with Crippen LogP contribution in [0.15, 0.2) is 21.2 Å². The molecule has 2 nitrogen and oxygen atoms in total. The standard InChI is InChI=1S/C11H14BrNO/c12-9-5-4-8(14-9)11(13)10-6-2-1-3-7(6)10/h4-7,10-11H,1-3,13H2. The lowest BCUT2D eigenvalue weighted by atomic mass is 10.0. The molecule has 0 radical (unpaired) electrons. The molecule has 2 fully saturated rings. The zero-order chi connectivity index (χ0) is 9.71. The Morgan fingerprint density at radius 1 is 1.36 bits per heavy atom. The maximum Gasteiger partial charge on any atom is 0.169 e. The molecule has 1 aromatic heterocycles. The van der Waals surface area contributed by atoms with Gasteiger partial charge in [-0.2, -0.15) is 0 Å². The van der Waals surface area contributed by atoms with Crippen molar-refractivity contribution in [3.8, 4) is 0 Å². The third-order valence-electron chi connectivity index (χ3n) is 3.81. The van der Waals surface area contributed by atoms with Gasteiger partial charge in [-0.25, -0.2) is 0 Å². The minimum absolute atomic E-state index is 0.122. The Morgan fingerprint density at radius 2 is 2.07 bits per heavy atom. The van der Waals surface area contributed by atoms with Crippen LogP contribution in [0, 0.1) is 17.8 Å². The lowest BCUT2D eigenvalue weighted by molar-refractivity contribution is 0.397. The molecule has 2 N–H and O–H groups in total. The van der Waals surface area contributed by atoms with Crippen molar-refractivity contribution in [2.75, 3.05) is 0 Å². The van der Waals surface area contributed by atoms with E-state index in [-0.39, 0.29) is 6.04 Å². The molecule has 2 aliphatic carbocycles. The molecule has 3 unspecified atom stereocenters. The second-order valence-corrected chi connectivity index (χ2v) is 5.29. The Balaban J connectivity index is 1.75. The van der Waals surface area contributed by atoms with Crippen molar-refractivity contribution in [2.24, 2.45) is 23.5 Å². The van der Waals surface area contributed by atoms with Gasteiger partial charge in [0.2, 0.25) is 0 Å². The SMILES string of the molecule is NC(c1ccc(Br)o1)C1C2CCCC21. The van der Waals surface area contributed by atoms with Crippen LogP contribution in [-0.4, -0.2) is 0 Å². The summed E-state index contributed by atoms with van der Waals surface area (Å²) in [4.78, 5) is 0. The highest BCUT2D eigenvalue weighted by Crippen LogP contribution is 2.61. The second kappa shape index (κ2) is 3.11. The molecule has 0 aromatic carbocycles. The molecule has 0 aliphatic heterocycles. The molecule has 14 heavy (non-hydrogen) atoms. The zero-order valence-electron chi connectivity index (χ0n) is 7.95. The fourth-order valence-electron chi connectivity index (χ4n) is 3.11. The van der Waals surface area contributed by atoms with Gasteiger partial charge < -0.3 is 10.2 Å². The van der Waals surface area contributed by atoms with E-state index in [4.69, 9.17) is 10.2 Å². The molecule has 0 saturated heterocycles. The molecule has 3 atom stereocenters. The van der Waals surface area contributed by atoms with Crippen LogP contribution in [0.4, 0.5) is 0 Å². The fourth-order valence-corrected chi connectivity index (χ4v) is 3.43. The molecular formula is C11H14BrNO. The van der Waals surface area contributed by atoms with Crippen LogP contribution in [0.3, 0.4) is 0 Å². The predicted molar refractivity (Wildman–Crippen MR) is 57.7 cm³/mol. The molecule has 0 spiro atoms. The molecule has 1 aromatic rings. The second-order valence-electron chi connectivity index (χ2n) is 4.50. The maximum absolute atomic E-state index is 6.19. The summed E-state index contributed by atoms with van der Waals surface area (Å²) in [7, 11) is 0. The fraction of sp³-hybridized carbons (Fsp3) is 0.636. The Labute approximate surface area is 92.0 Å². The van der Waals surface area contributed by atoms with E-state index in [9.17, 15) is 0 Å². The van der Waals surface area contributed by atoms with Crippen molar-refractivity contribution in [1.82, 2.24) is 0 Å². The minimum atomic E-state index is 0.122. The molecule has 1 heterocycles. The van der Waals surface area contributed by atoms with Crippen molar-refractivity contribution < 1.29 is 4.42 Å². The smallest absolute Gasteiger partial charge is 0.169 e. The maximum atomic E-state index is 6.19. The summed E-state index contributed by atoms with van der Waals surface area (Å²) in [6.07, 6.45) is 4.16. The van der Waals surface area contributed by atoms with E-state index in [0.717, 1.165) is 22.3 Å². The molecule has 3 rings (SSSR count). The van der Waals surface area contributed by atoms with Crippen LogP contribution >= 0.6 is 15.9 Å². The highest BCUT2D eigenvalue weighted by Gasteiger charge is 2.55. The first-order chi connectivity index (χ1) is 6.77. The van der Waals surface area contributed by atoms with Gasteiger partial charge in [0.05, 0.1) is 6.04 Å². The van der Waals surface area contributed by atoms with E-state index in [1.165, 1.54) is 19.3 Å². The third kappa shape index (κ3) is 1.26. The third-order valence-corrected chi connectivity index (χ3v) is 4.24. The Bertz CT molecular complexity index is 339. The first-order valence-electron chi connectivity index (χ1n) is 5.28. The quantitative estimate of drug-likeness (QED) is 0.883. The zero-order valence-corrected chi connectivity index (χ0v) is 9.53. The van der Waals surface area contributed by atoms with Crippen LogP contribution < -0.4 is 5.73 Å². The molecule has 3 heteroatoms. The topological polar surface area (TPSA) is 39.2 Å². The van der Waals surface area contributed by atoms with Gasteiger partial charge in [-0.15, -0.1) is 0 Å². The number of furan rings is 1. The number of nitrogens with two attached hydrogens (primary N) is 1. The highest BCUT2D eigenvalue weighted by atomic mass is 79.9. The largest absolute Gasteiger partial charge is 0.453 e. The summed E-state index contributed by atoms with van der Waals surface area (Å²) in [5.74, 6) is 3.43. The summed E-state index contributed by atoms with van der Waals surface area (Å²) in [5.41, 5.74) is 6.19. The van der Waals surface area contributed by atoms with Crippen LogP contribution in [0.2, 0.25) is 0 Å². The minimum Gasteiger partial charge on any atom is -0.453 e. The molecule has 0 amide bonds. The van der Waals surface area contributed by atoms with Gasteiger partial charge in [0.1, 0.15) is 5.76 Å². The van der Waals surface area contributed by atoms with Gasteiger partial charge in [0, 0.05) is 0 Å². The van der Waals surface area contributed by atoms with Gasteiger partial charge in [0.15, 0.2) is 4.67 Å². The number of fused-ring (bicyclic) bond motifs is 1. The summed E-state index contributed by atoms with van der Waals surface area (Å²) < 4.78 is 6.29. The van der Waals surface area contributed by atoms with Gasteiger partial charge in [-0.1, -0.05) is 6.42 Å². The summed E-state index contributed by atoms with van der Waals surface area (Å²) >= 11 is 3.31. The first kappa shape index (κ1) is 8.98. The van der Waals surface area contributed by atoms with Gasteiger partial charge in [-0.3, -0.25) is 0 Å². The summed E-state index contributed by atoms with van der Waals surface area (Å²) in [6.45, 7) is 0. The van der Waals surface area contributed by atoms with E-state index in [1.807, 2.05) is 12.1 Å². The average Bonchev–Trinajstić information content (AvgIpc) is 2.56. The van der Waals surface area contributed by atoms with Crippen LogP contribution in [0.5, 0.6) is 0 Å². The van der Waals surface area contributed by atoms with E-state index < -0.39 is 0 Å². The molecule has 2 aliphatic rings. The molecule has 76 valence electrons. The van der Waals surface area contributed by atoms with Crippen molar-refractivity contribution >= 4 is 15.9 Å². The van der Waals surface area contributed by atoms with E-state index in [1.54, 1.807) is 0 Å². The van der Waals surface area contributed by atoms with Crippen molar-refractivity contribution in [2.45, 2.75) is 25.3 Å². The van der Waals surface area contributed by atoms with Gasteiger partial charge in [0.25, 0.3) is 0 Å². The number of halogens is 1. The molecular weight excluding hydrogens is 242 g/mol.